The first-order valence-corrected chi connectivity index (χ1v) is 12.9. The lowest BCUT2D eigenvalue weighted by Crippen LogP contribution is -2.40. The molecule has 0 N–H and O–H groups in total. The lowest BCUT2D eigenvalue weighted by molar-refractivity contribution is 0.0730. The molecule has 0 radical (unpaired) electrons. The quantitative estimate of drug-likeness (QED) is 0.411. The first-order chi connectivity index (χ1) is 16.4. The van der Waals surface area contributed by atoms with Crippen LogP contribution in [0.5, 0.6) is 5.75 Å². The van der Waals surface area contributed by atoms with Gasteiger partial charge in [-0.2, -0.15) is 4.31 Å². The molecule has 2 aromatic carbocycles. The van der Waals surface area contributed by atoms with Gasteiger partial charge in [0.05, 0.1) is 35.7 Å². The number of hydrogen-bond donors (Lipinski definition) is 0. The van der Waals surface area contributed by atoms with Crippen molar-refractivity contribution in [2.75, 3.05) is 40.0 Å². The molecule has 0 aliphatic carbocycles. The second-order valence-corrected chi connectivity index (χ2v) is 10.3. The van der Waals surface area contributed by atoms with Crippen molar-refractivity contribution in [1.82, 2.24) is 18.8 Å². The van der Waals surface area contributed by atoms with Gasteiger partial charge in [-0.3, -0.25) is 4.90 Å². The molecule has 0 saturated carbocycles. The summed E-state index contributed by atoms with van der Waals surface area (Å²) >= 11 is 0. The van der Waals surface area contributed by atoms with Gasteiger partial charge >= 0.3 is 0 Å². The van der Waals surface area contributed by atoms with Crippen molar-refractivity contribution in [2.45, 2.75) is 31.5 Å². The third-order valence-electron chi connectivity index (χ3n) is 5.88. The molecule has 8 nitrogen and oxygen atoms in total. The molecule has 0 unspecified atom stereocenters. The maximum atomic E-state index is 13.1. The molecule has 0 bridgehead atoms. The van der Waals surface area contributed by atoms with E-state index in [4.69, 9.17) is 14.5 Å². The third-order valence-corrected chi connectivity index (χ3v) is 7.77. The second-order valence-electron chi connectivity index (χ2n) is 8.36. The normalized spacial score (nSPS) is 15.1. The Morgan fingerprint density at radius 1 is 1.15 bits per heavy atom. The van der Waals surface area contributed by atoms with E-state index < -0.39 is 10.0 Å². The molecule has 1 saturated heterocycles. The van der Waals surface area contributed by atoms with Gasteiger partial charge in [0.2, 0.25) is 10.0 Å². The Morgan fingerprint density at radius 3 is 2.56 bits per heavy atom. The van der Waals surface area contributed by atoms with E-state index in [0.717, 1.165) is 30.2 Å². The zero-order valence-electron chi connectivity index (χ0n) is 19.8. The second kappa shape index (κ2) is 10.7. The molecule has 182 valence electrons. The monoisotopic (exact) mass is 484 g/mol. The Bertz CT molecular complexity index is 1230. The number of imidazole rings is 1. The molecule has 2 heterocycles. The van der Waals surface area contributed by atoms with Crippen molar-refractivity contribution in [1.29, 1.82) is 0 Å². The van der Waals surface area contributed by atoms with Gasteiger partial charge in [0, 0.05) is 26.2 Å². The number of ether oxygens (including phenoxy) is 2. The van der Waals surface area contributed by atoms with Crippen LogP contribution in [0.3, 0.4) is 0 Å². The average molecular weight is 485 g/mol. The van der Waals surface area contributed by atoms with E-state index in [9.17, 15) is 8.42 Å². The summed E-state index contributed by atoms with van der Waals surface area (Å²) in [6.45, 7) is 9.98. The smallest absolute Gasteiger partial charge is 0.243 e. The number of benzene rings is 2. The van der Waals surface area contributed by atoms with Gasteiger partial charge in [-0.1, -0.05) is 24.8 Å². The highest BCUT2D eigenvalue weighted by Crippen LogP contribution is 2.24. The number of hydrogen-bond acceptors (Lipinski definition) is 6. The predicted octanol–water partition coefficient (Wildman–Crippen LogP) is 3.27. The molecule has 1 aliphatic heterocycles. The summed E-state index contributed by atoms with van der Waals surface area (Å²) in [6, 6.07) is 13.3. The number of rotatable bonds is 10. The molecule has 0 spiro atoms. The van der Waals surface area contributed by atoms with Crippen LogP contribution >= 0.6 is 0 Å². The van der Waals surface area contributed by atoms with Crippen molar-refractivity contribution in [3.05, 3.63) is 66.5 Å². The predicted molar refractivity (Wildman–Crippen MR) is 132 cm³/mol. The summed E-state index contributed by atoms with van der Waals surface area (Å²) in [7, 11) is -1.51. The van der Waals surface area contributed by atoms with E-state index >= 15 is 0 Å². The van der Waals surface area contributed by atoms with E-state index in [1.807, 2.05) is 18.2 Å². The average Bonchev–Trinajstić information content (AvgIpc) is 3.20. The van der Waals surface area contributed by atoms with E-state index in [0.29, 0.717) is 45.0 Å². The summed E-state index contributed by atoms with van der Waals surface area (Å²) in [5, 5.41) is 0. The van der Waals surface area contributed by atoms with Crippen molar-refractivity contribution in [3.8, 4) is 5.75 Å². The standard InChI is InChI=1S/C25H32N4O4S/c1-4-14-33-21-8-6-20(7-9-21)18-27(3)19-25-26-23-17-22(10-11-24(23)29(25)5-2)34(30,31)28-12-15-32-16-13-28/h4,6-11,17H,1,5,12-16,18-19H2,2-3H3. The van der Waals surface area contributed by atoms with Crippen molar-refractivity contribution in [2.24, 2.45) is 0 Å². The Labute approximate surface area is 201 Å². The lowest BCUT2D eigenvalue weighted by atomic mass is 10.2. The summed E-state index contributed by atoms with van der Waals surface area (Å²) < 4.78 is 40.6. The molecule has 0 amide bonds. The van der Waals surface area contributed by atoms with Crippen LogP contribution < -0.4 is 4.74 Å². The fourth-order valence-corrected chi connectivity index (χ4v) is 5.61. The SMILES string of the molecule is C=CCOc1ccc(CN(C)Cc2nc3cc(S(=O)(=O)N4CCOCC4)ccc3n2CC)cc1. The minimum absolute atomic E-state index is 0.279. The van der Waals surface area contributed by atoms with Gasteiger partial charge in [0.25, 0.3) is 0 Å². The zero-order valence-corrected chi connectivity index (χ0v) is 20.6. The fraction of sp³-hybridized carbons (Fsp3) is 0.400. The molecule has 34 heavy (non-hydrogen) atoms. The number of nitrogens with zero attached hydrogens (tertiary/aromatic N) is 4. The summed E-state index contributed by atoms with van der Waals surface area (Å²) in [6.07, 6.45) is 1.72. The largest absolute Gasteiger partial charge is 0.490 e. The van der Waals surface area contributed by atoms with Crippen molar-refractivity contribution < 1.29 is 17.9 Å². The highest BCUT2D eigenvalue weighted by atomic mass is 32.2. The van der Waals surface area contributed by atoms with Crippen LogP contribution in [0.4, 0.5) is 0 Å². The number of aryl methyl sites for hydroxylation is 1. The Hall–Kier alpha value is -2.72. The highest BCUT2D eigenvalue weighted by Gasteiger charge is 2.27. The Balaban J connectivity index is 1.51. The van der Waals surface area contributed by atoms with E-state index in [-0.39, 0.29) is 4.90 Å². The first-order valence-electron chi connectivity index (χ1n) is 11.5. The maximum absolute atomic E-state index is 13.1. The van der Waals surface area contributed by atoms with E-state index in [1.54, 1.807) is 18.2 Å². The summed E-state index contributed by atoms with van der Waals surface area (Å²) in [5.74, 6) is 1.73. The third kappa shape index (κ3) is 5.33. The molecular weight excluding hydrogens is 452 g/mol. The van der Waals surface area contributed by atoms with Gasteiger partial charge in [-0.25, -0.2) is 13.4 Å². The van der Waals surface area contributed by atoms with Crippen LogP contribution in [0, 0.1) is 0 Å². The minimum atomic E-state index is -3.56. The van der Waals surface area contributed by atoms with Gasteiger partial charge < -0.3 is 14.0 Å². The van der Waals surface area contributed by atoms with Crippen LogP contribution in [-0.2, 0) is 34.4 Å². The molecule has 3 aromatic rings. The Kier molecular flexibility index (Phi) is 7.67. The number of aromatic nitrogens is 2. The molecule has 1 aliphatic rings. The van der Waals surface area contributed by atoms with E-state index in [2.05, 4.69) is 42.2 Å². The van der Waals surface area contributed by atoms with Gasteiger partial charge in [-0.05, 0) is 49.9 Å². The minimum Gasteiger partial charge on any atom is -0.490 e. The number of sulfonamides is 1. The molecule has 1 aromatic heterocycles. The van der Waals surface area contributed by atoms with E-state index in [1.165, 1.54) is 9.87 Å². The molecular formula is C25H32N4O4S. The number of fused-ring (bicyclic) bond motifs is 1. The summed E-state index contributed by atoms with van der Waals surface area (Å²) in [4.78, 5) is 7.29. The highest BCUT2D eigenvalue weighted by molar-refractivity contribution is 7.89. The van der Waals surface area contributed by atoms with Crippen LogP contribution in [0.1, 0.15) is 18.3 Å². The van der Waals surface area contributed by atoms with Gasteiger partial charge in [0.15, 0.2) is 0 Å². The Morgan fingerprint density at radius 2 is 1.88 bits per heavy atom. The topological polar surface area (TPSA) is 76.9 Å². The van der Waals surface area contributed by atoms with Crippen molar-refractivity contribution in [3.63, 3.8) is 0 Å². The first kappa shape index (κ1) is 24.4. The van der Waals surface area contributed by atoms with Crippen LogP contribution in [0.2, 0.25) is 0 Å². The van der Waals surface area contributed by atoms with Gasteiger partial charge in [0.1, 0.15) is 18.2 Å². The van der Waals surface area contributed by atoms with Gasteiger partial charge in [-0.15, -0.1) is 0 Å². The van der Waals surface area contributed by atoms with Crippen LogP contribution in [-0.4, -0.2) is 67.1 Å². The maximum Gasteiger partial charge on any atom is 0.243 e. The molecule has 1 fully saturated rings. The summed E-state index contributed by atoms with van der Waals surface area (Å²) in [5.41, 5.74) is 2.81. The molecule has 4 rings (SSSR count). The van der Waals surface area contributed by atoms with Crippen LogP contribution in [0.15, 0.2) is 60.0 Å². The van der Waals surface area contributed by atoms with Crippen molar-refractivity contribution >= 4 is 21.1 Å². The fourth-order valence-electron chi connectivity index (χ4n) is 4.18. The number of morpholine rings is 1. The van der Waals surface area contributed by atoms with Crippen LogP contribution in [0.25, 0.3) is 11.0 Å². The molecule has 0 atom stereocenters. The lowest BCUT2D eigenvalue weighted by Gasteiger charge is -2.26. The zero-order chi connectivity index (χ0) is 24.1. The molecule has 9 heteroatoms.